The van der Waals surface area contributed by atoms with Crippen LogP contribution in [0.1, 0.15) is 70.1 Å². The zero-order valence-electron chi connectivity index (χ0n) is 20.3. The molecular formula is C25H38N4O5. The number of aromatic nitrogens is 1. The molecule has 2 fully saturated rings. The van der Waals surface area contributed by atoms with Gasteiger partial charge in [0, 0.05) is 37.0 Å². The van der Waals surface area contributed by atoms with Gasteiger partial charge < -0.3 is 25.3 Å². The van der Waals surface area contributed by atoms with Gasteiger partial charge in [-0.05, 0) is 89.2 Å². The number of aliphatic carboxylic acids is 1. The Hall–Kier alpha value is -2.39. The number of aliphatic hydroxyl groups excluding tert-OH is 1. The van der Waals surface area contributed by atoms with E-state index in [2.05, 4.69) is 17.4 Å². The summed E-state index contributed by atoms with van der Waals surface area (Å²) in [4.78, 5) is 37.1. The Bertz CT molecular complexity index is 865. The van der Waals surface area contributed by atoms with E-state index in [1.807, 2.05) is 13.8 Å². The van der Waals surface area contributed by atoms with Crippen molar-refractivity contribution in [1.82, 2.24) is 14.9 Å². The van der Waals surface area contributed by atoms with Gasteiger partial charge in [0.25, 0.3) is 0 Å². The third-order valence-electron chi connectivity index (χ3n) is 7.67. The third-order valence-corrected chi connectivity index (χ3v) is 7.67. The summed E-state index contributed by atoms with van der Waals surface area (Å²) in [6, 6.07) is 3.20. The molecular weight excluding hydrogens is 436 g/mol. The van der Waals surface area contributed by atoms with E-state index in [9.17, 15) is 19.8 Å². The summed E-state index contributed by atoms with van der Waals surface area (Å²) >= 11 is 0. The van der Waals surface area contributed by atoms with Gasteiger partial charge in [-0.2, -0.15) is 0 Å². The maximum absolute atomic E-state index is 13.0. The van der Waals surface area contributed by atoms with E-state index in [1.165, 1.54) is 10.6 Å². The van der Waals surface area contributed by atoms with Crippen molar-refractivity contribution in [2.24, 2.45) is 5.92 Å². The molecule has 2 aliphatic heterocycles. The average molecular weight is 475 g/mol. The van der Waals surface area contributed by atoms with Crippen molar-refractivity contribution in [3.8, 4) is 0 Å². The predicted molar refractivity (Wildman–Crippen MR) is 127 cm³/mol. The number of carboxylic acids is 1. The lowest BCUT2D eigenvalue weighted by molar-refractivity contribution is -0.208. The minimum absolute atomic E-state index is 0.0148. The van der Waals surface area contributed by atoms with Crippen LogP contribution in [0, 0.1) is 5.92 Å². The van der Waals surface area contributed by atoms with Crippen LogP contribution in [0.2, 0.25) is 0 Å². The Labute approximate surface area is 201 Å². The predicted octanol–water partition coefficient (Wildman–Crippen LogP) is 3.21. The molecule has 9 nitrogen and oxygen atoms in total. The highest BCUT2D eigenvalue weighted by Crippen LogP contribution is 2.37. The van der Waals surface area contributed by atoms with Crippen molar-refractivity contribution in [2.45, 2.75) is 95.8 Å². The first-order valence-electron chi connectivity index (χ1n) is 12.7. The van der Waals surface area contributed by atoms with Gasteiger partial charge in [0.1, 0.15) is 11.9 Å². The van der Waals surface area contributed by atoms with Crippen molar-refractivity contribution in [3.05, 3.63) is 23.4 Å². The Kier molecular flexibility index (Phi) is 7.93. The Morgan fingerprint density at radius 1 is 1.26 bits per heavy atom. The average Bonchev–Trinajstić information content (AvgIpc) is 3.13. The van der Waals surface area contributed by atoms with E-state index in [0.29, 0.717) is 5.92 Å². The van der Waals surface area contributed by atoms with Gasteiger partial charge in [-0.15, -0.1) is 5.06 Å². The van der Waals surface area contributed by atoms with Crippen LogP contribution in [-0.4, -0.2) is 74.5 Å². The van der Waals surface area contributed by atoms with Crippen LogP contribution in [0.4, 0.5) is 10.6 Å². The summed E-state index contributed by atoms with van der Waals surface area (Å²) in [7, 11) is 0. The quantitative estimate of drug-likeness (QED) is 0.468. The number of likely N-dealkylation sites (tertiary alicyclic amines) is 1. The molecule has 1 aliphatic carbocycles. The highest BCUT2D eigenvalue weighted by Gasteiger charge is 2.43. The molecule has 1 aromatic rings. The Balaban J connectivity index is 1.35. The van der Waals surface area contributed by atoms with Crippen LogP contribution in [0.3, 0.4) is 0 Å². The SMILES string of the molecule is CC1CCC(C)N1C(=O)ON(C1CC(CCc2ccc3c(n2)NCCC3)C1)[C@@H](CCO)C(=O)O. The van der Waals surface area contributed by atoms with Gasteiger partial charge in [-0.3, -0.25) is 4.79 Å². The summed E-state index contributed by atoms with van der Waals surface area (Å²) in [5.74, 6) is 0.343. The van der Waals surface area contributed by atoms with Crippen LogP contribution in [-0.2, 0) is 22.5 Å². The molecule has 3 atom stereocenters. The van der Waals surface area contributed by atoms with Gasteiger partial charge in [-0.1, -0.05) is 6.07 Å². The molecule has 0 spiro atoms. The zero-order chi connectivity index (χ0) is 24.2. The molecule has 1 aromatic heterocycles. The van der Waals surface area contributed by atoms with E-state index in [0.717, 1.165) is 69.4 Å². The summed E-state index contributed by atoms with van der Waals surface area (Å²) < 4.78 is 0. The lowest BCUT2D eigenvalue weighted by Gasteiger charge is -2.44. The van der Waals surface area contributed by atoms with Crippen molar-refractivity contribution < 1.29 is 24.6 Å². The van der Waals surface area contributed by atoms with Gasteiger partial charge in [-0.25, -0.2) is 9.78 Å². The van der Waals surface area contributed by atoms with Gasteiger partial charge in [0.05, 0.1) is 0 Å². The summed E-state index contributed by atoms with van der Waals surface area (Å²) in [6.07, 6.45) is 6.91. The first-order valence-corrected chi connectivity index (χ1v) is 12.7. The molecule has 4 rings (SSSR count). The standard InChI is InChI=1S/C25H38N4O5/c1-16-5-6-17(2)28(16)25(33)34-29(22(11-13-30)24(31)32)21-14-18(15-21)7-9-20-10-8-19-4-3-12-26-23(19)27-20/h8,10,16-18,21-22,30H,3-7,9,11-15H2,1-2H3,(H,26,27)(H,31,32)/t16?,17?,18?,21?,22-/m0/s1. The lowest BCUT2D eigenvalue weighted by Crippen LogP contribution is -2.55. The molecule has 0 radical (unpaired) electrons. The molecule has 3 aliphatic rings. The molecule has 3 heterocycles. The van der Waals surface area contributed by atoms with E-state index >= 15 is 0 Å². The van der Waals surface area contributed by atoms with Crippen LogP contribution >= 0.6 is 0 Å². The fraction of sp³-hybridized carbons (Fsp3) is 0.720. The van der Waals surface area contributed by atoms with Crippen LogP contribution in [0.15, 0.2) is 12.1 Å². The normalized spacial score (nSPS) is 27.0. The molecule has 9 heteroatoms. The van der Waals surface area contributed by atoms with Crippen LogP contribution < -0.4 is 5.32 Å². The number of aliphatic hydroxyl groups is 1. The molecule has 188 valence electrons. The first-order chi connectivity index (χ1) is 16.4. The van der Waals surface area contributed by atoms with E-state index < -0.39 is 18.1 Å². The number of fused-ring (bicyclic) bond motifs is 1. The number of rotatable bonds is 9. The fourth-order valence-corrected chi connectivity index (χ4v) is 5.57. The van der Waals surface area contributed by atoms with Gasteiger partial charge in [0.2, 0.25) is 0 Å². The highest BCUT2D eigenvalue weighted by molar-refractivity contribution is 5.74. The second kappa shape index (κ2) is 10.9. The molecule has 1 saturated carbocycles. The second-order valence-corrected chi connectivity index (χ2v) is 10.1. The fourth-order valence-electron chi connectivity index (χ4n) is 5.57. The maximum Gasteiger partial charge on any atom is 0.429 e. The number of anilines is 1. The second-order valence-electron chi connectivity index (χ2n) is 10.1. The molecule has 34 heavy (non-hydrogen) atoms. The molecule has 3 N–H and O–H groups in total. The monoisotopic (exact) mass is 474 g/mol. The Morgan fingerprint density at radius 2 is 2.00 bits per heavy atom. The number of aryl methyl sites for hydroxylation is 2. The van der Waals surface area contributed by atoms with Crippen molar-refractivity contribution in [2.75, 3.05) is 18.5 Å². The lowest BCUT2D eigenvalue weighted by atomic mass is 9.76. The number of nitrogens with zero attached hydrogens (tertiary/aromatic N) is 3. The highest BCUT2D eigenvalue weighted by atomic mass is 16.7. The van der Waals surface area contributed by atoms with Crippen molar-refractivity contribution in [1.29, 1.82) is 0 Å². The summed E-state index contributed by atoms with van der Waals surface area (Å²) in [5.41, 5.74) is 2.35. The van der Waals surface area contributed by atoms with Gasteiger partial charge in [0.15, 0.2) is 0 Å². The van der Waals surface area contributed by atoms with E-state index in [4.69, 9.17) is 9.82 Å². The molecule has 0 bridgehead atoms. The number of carboxylic acid groups (broad SMARTS) is 1. The molecule has 2 unspecified atom stereocenters. The van der Waals surface area contributed by atoms with E-state index in [1.54, 1.807) is 4.90 Å². The number of pyridine rings is 1. The minimum Gasteiger partial charge on any atom is -0.480 e. The number of hydrogen-bond donors (Lipinski definition) is 3. The van der Waals surface area contributed by atoms with Crippen molar-refractivity contribution in [3.63, 3.8) is 0 Å². The maximum atomic E-state index is 13.0. The first kappa shape index (κ1) is 24.7. The summed E-state index contributed by atoms with van der Waals surface area (Å²) in [6.45, 7) is 4.66. The largest absolute Gasteiger partial charge is 0.480 e. The van der Waals surface area contributed by atoms with Crippen LogP contribution in [0.25, 0.3) is 0 Å². The number of carbonyl (C=O) groups is 2. The smallest absolute Gasteiger partial charge is 0.429 e. The number of hydrogen-bond acceptors (Lipinski definition) is 7. The Morgan fingerprint density at radius 3 is 2.68 bits per heavy atom. The summed E-state index contributed by atoms with van der Waals surface area (Å²) in [5, 5.41) is 23.9. The number of carbonyl (C=O) groups excluding carboxylic acids is 1. The third kappa shape index (κ3) is 5.46. The minimum atomic E-state index is -1.08. The number of nitrogens with one attached hydrogen (secondary N) is 1. The topological polar surface area (TPSA) is 115 Å². The number of hydroxylamine groups is 2. The van der Waals surface area contributed by atoms with Crippen molar-refractivity contribution >= 4 is 17.9 Å². The van der Waals surface area contributed by atoms with E-state index in [-0.39, 0.29) is 31.2 Å². The molecule has 1 saturated heterocycles. The molecule has 0 aromatic carbocycles. The van der Waals surface area contributed by atoms with Crippen LogP contribution in [0.5, 0.6) is 0 Å². The van der Waals surface area contributed by atoms with Gasteiger partial charge >= 0.3 is 12.1 Å². The number of amides is 1. The molecule has 1 amide bonds. The zero-order valence-corrected chi connectivity index (χ0v) is 20.3.